The molecule has 0 heterocycles. The highest BCUT2D eigenvalue weighted by Gasteiger charge is 2.25. The number of hydrogen-bond donors (Lipinski definition) is 1. The van der Waals surface area contributed by atoms with Crippen molar-refractivity contribution >= 4 is 0 Å². The molecule has 0 radical (unpaired) electrons. The Morgan fingerprint density at radius 3 is 2.15 bits per heavy atom. The van der Waals surface area contributed by atoms with Gasteiger partial charge in [-0.15, -0.1) is 0 Å². The van der Waals surface area contributed by atoms with Crippen molar-refractivity contribution in [1.29, 1.82) is 0 Å². The van der Waals surface area contributed by atoms with Crippen molar-refractivity contribution < 1.29 is 0 Å². The minimum atomic E-state index is 0.532. The van der Waals surface area contributed by atoms with Crippen LogP contribution in [0.3, 0.4) is 0 Å². The smallest absolute Gasteiger partial charge is 0.0350 e. The Morgan fingerprint density at radius 2 is 1.60 bits per heavy atom. The lowest BCUT2D eigenvalue weighted by Crippen LogP contribution is -2.38. The SMILES string of the molecule is CCC(CC)C(NC1CCC(C)CC1)c1ccccc1. The average molecular weight is 273 g/mol. The topological polar surface area (TPSA) is 12.0 Å². The zero-order chi connectivity index (χ0) is 14.4. The Hall–Kier alpha value is -0.820. The van der Waals surface area contributed by atoms with Crippen molar-refractivity contribution in [3.8, 4) is 0 Å². The average Bonchev–Trinajstić information content (AvgIpc) is 2.50. The molecule has 0 spiro atoms. The summed E-state index contributed by atoms with van der Waals surface area (Å²) in [4.78, 5) is 0. The van der Waals surface area contributed by atoms with E-state index in [2.05, 4.69) is 56.4 Å². The van der Waals surface area contributed by atoms with E-state index in [1.807, 2.05) is 0 Å². The molecule has 0 bridgehead atoms. The molecule has 1 aromatic rings. The first-order valence-corrected chi connectivity index (χ1v) is 8.55. The van der Waals surface area contributed by atoms with Crippen LogP contribution in [0.2, 0.25) is 0 Å². The highest BCUT2D eigenvalue weighted by Crippen LogP contribution is 2.31. The van der Waals surface area contributed by atoms with Crippen LogP contribution in [0.5, 0.6) is 0 Å². The first-order valence-electron chi connectivity index (χ1n) is 8.55. The van der Waals surface area contributed by atoms with E-state index in [1.54, 1.807) is 0 Å². The molecule has 20 heavy (non-hydrogen) atoms. The lowest BCUT2D eigenvalue weighted by molar-refractivity contribution is 0.246. The Balaban J connectivity index is 2.07. The zero-order valence-corrected chi connectivity index (χ0v) is 13.4. The summed E-state index contributed by atoms with van der Waals surface area (Å²) in [6, 6.07) is 12.3. The fraction of sp³-hybridized carbons (Fsp3) is 0.684. The maximum atomic E-state index is 3.99. The van der Waals surface area contributed by atoms with Crippen LogP contribution < -0.4 is 5.32 Å². The van der Waals surface area contributed by atoms with Crippen molar-refractivity contribution in [2.75, 3.05) is 0 Å². The van der Waals surface area contributed by atoms with Crippen molar-refractivity contribution in [2.45, 2.75) is 71.4 Å². The third-order valence-electron chi connectivity index (χ3n) is 5.11. The van der Waals surface area contributed by atoms with Crippen molar-refractivity contribution in [3.05, 3.63) is 35.9 Å². The lowest BCUT2D eigenvalue weighted by Gasteiger charge is -2.34. The van der Waals surface area contributed by atoms with E-state index in [9.17, 15) is 0 Å². The molecule has 1 N–H and O–H groups in total. The van der Waals surface area contributed by atoms with Crippen LogP contribution in [0.1, 0.15) is 70.9 Å². The van der Waals surface area contributed by atoms with Gasteiger partial charge >= 0.3 is 0 Å². The fourth-order valence-electron chi connectivity index (χ4n) is 3.61. The summed E-state index contributed by atoms with van der Waals surface area (Å²) in [5.74, 6) is 1.67. The molecule has 0 aromatic heterocycles. The minimum Gasteiger partial charge on any atom is -0.307 e. The molecule has 1 atom stereocenters. The second-order valence-electron chi connectivity index (χ2n) is 6.59. The highest BCUT2D eigenvalue weighted by molar-refractivity contribution is 5.20. The Bertz CT molecular complexity index is 361. The molecule has 0 saturated heterocycles. The molecule has 1 aromatic carbocycles. The van der Waals surface area contributed by atoms with E-state index in [1.165, 1.54) is 44.1 Å². The first kappa shape index (κ1) is 15.6. The molecule has 1 heteroatoms. The normalized spacial score (nSPS) is 24.8. The molecule has 0 amide bonds. The van der Waals surface area contributed by atoms with Gasteiger partial charge in [-0.3, -0.25) is 0 Å². The number of hydrogen-bond acceptors (Lipinski definition) is 1. The molecule has 1 aliphatic rings. The summed E-state index contributed by atoms with van der Waals surface area (Å²) in [5, 5.41) is 3.99. The first-order chi connectivity index (χ1) is 9.74. The molecular formula is C19H31N. The Morgan fingerprint density at radius 1 is 1.00 bits per heavy atom. The standard InChI is InChI=1S/C19H31N/c1-4-16(5-2)19(17-9-7-6-8-10-17)20-18-13-11-15(3)12-14-18/h6-10,15-16,18-20H,4-5,11-14H2,1-3H3. The summed E-state index contributed by atoms with van der Waals surface area (Å²) in [6.07, 6.45) is 8.00. The van der Waals surface area contributed by atoms with Gasteiger partial charge in [-0.2, -0.15) is 0 Å². The van der Waals surface area contributed by atoms with Crippen LogP contribution in [0.4, 0.5) is 0 Å². The van der Waals surface area contributed by atoms with Gasteiger partial charge in [-0.1, -0.05) is 63.9 Å². The molecule has 1 unspecified atom stereocenters. The lowest BCUT2D eigenvalue weighted by atomic mass is 9.84. The number of benzene rings is 1. The van der Waals surface area contributed by atoms with E-state index >= 15 is 0 Å². The van der Waals surface area contributed by atoms with Gasteiger partial charge in [0, 0.05) is 12.1 Å². The van der Waals surface area contributed by atoms with Crippen LogP contribution >= 0.6 is 0 Å². The molecule has 1 saturated carbocycles. The molecule has 1 aliphatic carbocycles. The maximum absolute atomic E-state index is 3.99. The van der Waals surface area contributed by atoms with Gasteiger partial charge < -0.3 is 5.32 Å². The molecule has 112 valence electrons. The Labute approximate surface area is 125 Å². The minimum absolute atomic E-state index is 0.532. The summed E-state index contributed by atoms with van der Waals surface area (Å²) >= 11 is 0. The van der Waals surface area contributed by atoms with Crippen LogP contribution in [-0.4, -0.2) is 6.04 Å². The highest BCUT2D eigenvalue weighted by atomic mass is 15.0. The zero-order valence-electron chi connectivity index (χ0n) is 13.4. The van der Waals surface area contributed by atoms with Crippen LogP contribution in [-0.2, 0) is 0 Å². The number of rotatable bonds is 6. The molecule has 1 fully saturated rings. The summed E-state index contributed by atoms with van der Waals surface area (Å²) < 4.78 is 0. The summed E-state index contributed by atoms with van der Waals surface area (Å²) in [6.45, 7) is 7.05. The van der Waals surface area contributed by atoms with Gasteiger partial charge in [0.2, 0.25) is 0 Å². The van der Waals surface area contributed by atoms with Crippen LogP contribution in [0.15, 0.2) is 30.3 Å². The monoisotopic (exact) mass is 273 g/mol. The van der Waals surface area contributed by atoms with Gasteiger partial charge in [-0.25, -0.2) is 0 Å². The van der Waals surface area contributed by atoms with E-state index in [-0.39, 0.29) is 0 Å². The quantitative estimate of drug-likeness (QED) is 0.738. The molecular weight excluding hydrogens is 242 g/mol. The van der Waals surface area contributed by atoms with E-state index in [4.69, 9.17) is 0 Å². The van der Waals surface area contributed by atoms with Crippen molar-refractivity contribution in [2.24, 2.45) is 11.8 Å². The van der Waals surface area contributed by atoms with Crippen molar-refractivity contribution in [3.63, 3.8) is 0 Å². The second-order valence-corrected chi connectivity index (χ2v) is 6.59. The predicted octanol–water partition coefficient (Wildman–Crippen LogP) is 5.33. The van der Waals surface area contributed by atoms with Gasteiger partial charge in [0.25, 0.3) is 0 Å². The van der Waals surface area contributed by atoms with Gasteiger partial charge in [-0.05, 0) is 43.1 Å². The maximum Gasteiger partial charge on any atom is 0.0350 e. The summed E-state index contributed by atoms with van der Waals surface area (Å²) in [5.41, 5.74) is 1.47. The van der Waals surface area contributed by atoms with E-state index in [0.29, 0.717) is 6.04 Å². The molecule has 0 aliphatic heterocycles. The van der Waals surface area contributed by atoms with Gasteiger partial charge in [0.1, 0.15) is 0 Å². The van der Waals surface area contributed by atoms with E-state index in [0.717, 1.165) is 17.9 Å². The van der Waals surface area contributed by atoms with Crippen LogP contribution in [0, 0.1) is 11.8 Å². The molecule has 1 nitrogen and oxygen atoms in total. The van der Waals surface area contributed by atoms with E-state index < -0.39 is 0 Å². The molecule has 2 rings (SSSR count). The van der Waals surface area contributed by atoms with Crippen LogP contribution in [0.25, 0.3) is 0 Å². The number of nitrogens with one attached hydrogen (secondary N) is 1. The van der Waals surface area contributed by atoms with Gasteiger partial charge in [0.15, 0.2) is 0 Å². The van der Waals surface area contributed by atoms with Gasteiger partial charge in [0.05, 0.1) is 0 Å². The third kappa shape index (κ3) is 4.09. The Kier molecular flexibility index (Phi) is 6.09. The second kappa shape index (κ2) is 7.83. The largest absolute Gasteiger partial charge is 0.307 e. The third-order valence-corrected chi connectivity index (χ3v) is 5.11. The van der Waals surface area contributed by atoms with Crippen molar-refractivity contribution in [1.82, 2.24) is 5.32 Å². The predicted molar refractivity (Wildman–Crippen MR) is 87.8 cm³/mol. The summed E-state index contributed by atoms with van der Waals surface area (Å²) in [7, 11) is 0. The fourth-order valence-corrected chi connectivity index (χ4v) is 3.61.